The van der Waals surface area contributed by atoms with Crippen molar-refractivity contribution in [1.82, 2.24) is 19.2 Å². The van der Waals surface area contributed by atoms with Gasteiger partial charge in [-0.15, -0.1) is 5.10 Å². The molecule has 1 fully saturated rings. The van der Waals surface area contributed by atoms with Gasteiger partial charge in [-0.05, 0) is 37.1 Å². The van der Waals surface area contributed by atoms with E-state index in [1.54, 1.807) is 12.3 Å². The maximum Gasteiger partial charge on any atom is 0.352 e. The van der Waals surface area contributed by atoms with Crippen LogP contribution in [0.15, 0.2) is 35.3 Å². The Kier molecular flexibility index (Phi) is 4.50. The van der Waals surface area contributed by atoms with Crippen LogP contribution in [0.25, 0.3) is 5.78 Å². The molecule has 1 aliphatic heterocycles. The summed E-state index contributed by atoms with van der Waals surface area (Å²) in [7, 11) is 0. The summed E-state index contributed by atoms with van der Waals surface area (Å²) in [6, 6.07) is 8.14. The number of fused-ring (bicyclic) bond motifs is 1. The average Bonchev–Trinajstić information content (AvgIpc) is 2.98. The van der Waals surface area contributed by atoms with E-state index in [1.807, 2.05) is 0 Å². The standard InChI is InChI=1S/C19H22N6O3/c1-13-4-3-5-15(14(13)2)22-8-10-23(11-9-22)16-6-7-24-18(20-16)21-25(19(24)28)12-17(26)27/h3-7H,8-12H2,1-2H3,(H,26,27). The molecule has 0 unspecified atom stereocenters. The first-order chi connectivity index (χ1) is 13.4. The van der Waals surface area contributed by atoms with Gasteiger partial charge in [0.1, 0.15) is 12.4 Å². The zero-order valence-electron chi connectivity index (χ0n) is 15.9. The lowest BCUT2D eigenvalue weighted by atomic mass is 10.1. The largest absolute Gasteiger partial charge is 0.480 e. The lowest BCUT2D eigenvalue weighted by Crippen LogP contribution is -2.47. The highest BCUT2D eigenvalue weighted by Gasteiger charge is 2.21. The number of hydrogen-bond donors (Lipinski definition) is 1. The van der Waals surface area contributed by atoms with E-state index in [-0.39, 0.29) is 5.78 Å². The molecule has 28 heavy (non-hydrogen) atoms. The molecule has 1 aromatic carbocycles. The van der Waals surface area contributed by atoms with Crippen molar-refractivity contribution in [3.63, 3.8) is 0 Å². The van der Waals surface area contributed by atoms with Crippen LogP contribution in [0, 0.1) is 13.8 Å². The second-order valence-electron chi connectivity index (χ2n) is 6.98. The van der Waals surface area contributed by atoms with E-state index in [2.05, 4.69) is 51.9 Å². The van der Waals surface area contributed by atoms with E-state index in [0.29, 0.717) is 0 Å². The second-order valence-corrected chi connectivity index (χ2v) is 6.98. The zero-order chi connectivity index (χ0) is 19.8. The number of rotatable bonds is 4. The summed E-state index contributed by atoms with van der Waals surface area (Å²) in [5, 5.41) is 12.9. The van der Waals surface area contributed by atoms with Gasteiger partial charge in [-0.2, -0.15) is 9.67 Å². The summed E-state index contributed by atoms with van der Waals surface area (Å²) in [5.74, 6) is -0.172. The number of aliphatic carboxylic acids is 1. The molecule has 3 heterocycles. The van der Waals surface area contributed by atoms with Gasteiger partial charge < -0.3 is 14.9 Å². The first-order valence-corrected chi connectivity index (χ1v) is 9.18. The van der Waals surface area contributed by atoms with Crippen LogP contribution >= 0.6 is 0 Å². The highest BCUT2D eigenvalue weighted by atomic mass is 16.4. The number of carboxylic acid groups (broad SMARTS) is 1. The average molecular weight is 382 g/mol. The minimum atomic E-state index is -1.12. The van der Waals surface area contributed by atoms with Gasteiger partial charge >= 0.3 is 11.7 Å². The molecule has 0 spiro atoms. The van der Waals surface area contributed by atoms with Gasteiger partial charge in [0.05, 0.1) is 0 Å². The Hall–Kier alpha value is -3.36. The molecular weight excluding hydrogens is 360 g/mol. The van der Waals surface area contributed by atoms with E-state index >= 15 is 0 Å². The Morgan fingerprint density at radius 1 is 1.11 bits per heavy atom. The van der Waals surface area contributed by atoms with Gasteiger partial charge in [0.15, 0.2) is 0 Å². The SMILES string of the molecule is Cc1cccc(N2CCN(c3ccn4c(=O)n(CC(=O)O)nc4n3)CC2)c1C. The monoisotopic (exact) mass is 382 g/mol. The van der Waals surface area contributed by atoms with Crippen LogP contribution in [-0.2, 0) is 11.3 Å². The Morgan fingerprint density at radius 3 is 2.54 bits per heavy atom. The molecule has 0 saturated carbocycles. The van der Waals surface area contributed by atoms with Gasteiger partial charge in [0, 0.05) is 38.1 Å². The Bertz CT molecular complexity index is 1090. The minimum absolute atomic E-state index is 0.209. The van der Waals surface area contributed by atoms with E-state index < -0.39 is 18.2 Å². The van der Waals surface area contributed by atoms with Crippen LogP contribution < -0.4 is 15.5 Å². The molecule has 0 aliphatic carbocycles. The maximum atomic E-state index is 12.2. The van der Waals surface area contributed by atoms with Crippen molar-refractivity contribution >= 4 is 23.3 Å². The summed E-state index contributed by atoms with van der Waals surface area (Å²) in [6.45, 7) is 7.14. The molecule has 1 saturated heterocycles. The fourth-order valence-electron chi connectivity index (χ4n) is 3.56. The van der Waals surface area contributed by atoms with Crippen LogP contribution in [0.2, 0.25) is 0 Å². The van der Waals surface area contributed by atoms with Crippen LogP contribution in [0.4, 0.5) is 11.5 Å². The topological polar surface area (TPSA) is 96.0 Å². The molecule has 0 atom stereocenters. The Morgan fingerprint density at radius 2 is 1.82 bits per heavy atom. The van der Waals surface area contributed by atoms with Gasteiger partial charge in [-0.3, -0.25) is 4.79 Å². The molecule has 9 heteroatoms. The number of hydrogen-bond acceptors (Lipinski definition) is 6. The first-order valence-electron chi connectivity index (χ1n) is 9.18. The van der Waals surface area contributed by atoms with Crippen molar-refractivity contribution in [3.8, 4) is 0 Å². The van der Waals surface area contributed by atoms with Crippen LogP contribution in [0.3, 0.4) is 0 Å². The van der Waals surface area contributed by atoms with Gasteiger partial charge in [0.25, 0.3) is 5.78 Å². The lowest BCUT2D eigenvalue weighted by Gasteiger charge is -2.37. The van der Waals surface area contributed by atoms with Crippen molar-refractivity contribution in [2.45, 2.75) is 20.4 Å². The van der Waals surface area contributed by atoms with E-state index in [0.717, 1.165) is 36.7 Å². The molecular formula is C19H22N6O3. The van der Waals surface area contributed by atoms with Crippen molar-refractivity contribution in [2.24, 2.45) is 0 Å². The van der Waals surface area contributed by atoms with E-state index in [1.165, 1.54) is 21.2 Å². The van der Waals surface area contributed by atoms with Gasteiger partial charge in [0.2, 0.25) is 0 Å². The quantitative estimate of drug-likeness (QED) is 0.717. The number of aryl methyl sites for hydroxylation is 1. The van der Waals surface area contributed by atoms with Crippen molar-refractivity contribution in [3.05, 3.63) is 52.1 Å². The molecule has 9 nitrogen and oxygen atoms in total. The molecule has 1 N–H and O–H groups in total. The third-order valence-electron chi connectivity index (χ3n) is 5.25. The van der Waals surface area contributed by atoms with Crippen LogP contribution in [0.1, 0.15) is 11.1 Å². The summed E-state index contributed by atoms with van der Waals surface area (Å²) < 4.78 is 2.17. The third kappa shape index (κ3) is 3.19. The fraction of sp³-hybridized carbons (Fsp3) is 0.368. The van der Waals surface area contributed by atoms with E-state index in [4.69, 9.17) is 5.11 Å². The summed E-state index contributed by atoms with van der Waals surface area (Å²) >= 11 is 0. The molecule has 0 radical (unpaired) electrons. The van der Waals surface area contributed by atoms with Crippen molar-refractivity contribution in [1.29, 1.82) is 0 Å². The maximum absolute atomic E-state index is 12.2. The van der Waals surface area contributed by atoms with Crippen LogP contribution in [0.5, 0.6) is 0 Å². The van der Waals surface area contributed by atoms with Gasteiger partial charge in [-0.1, -0.05) is 12.1 Å². The molecule has 0 amide bonds. The lowest BCUT2D eigenvalue weighted by molar-refractivity contribution is -0.137. The number of anilines is 2. The number of carboxylic acids is 1. The van der Waals surface area contributed by atoms with Crippen molar-refractivity contribution in [2.75, 3.05) is 36.0 Å². The molecule has 0 bridgehead atoms. The molecule has 1 aliphatic rings. The van der Waals surface area contributed by atoms with Crippen molar-refractivity contribution < 1.29 is 9.90 Å². The van der Waals surface area contributed by atoms with Crippen LogP contribution in [-0.4, -0.2) is 56.4 Å². The fourth-order valence-corrected chi connectivity index (χ4v) is 3.56. The number of carbonyl (C=O) groups is 1. The Balaban J connectivity index is 1.53. The number of nitrogens with zero attached hydrogens (tertiary/aromatic N) is 6. The second kappa shape index (κ2) is 6.99. The van der Waals surface area contributed by atoms with E-state index in [9.17, 15) is 9.59 Å². The highest BCUT2D eigenvalue weighted by molar-refractivity contribution is 5.66. The molecule has 4 rings (SSSR count). The number of aromatic nitrogens is 4. The third-order valence-corrected chi connectivity index (χ3v) is 5.25. The number of piperazine rings is 1. The first kappa shape index (κ1) is 18.0. The molecule has 146 valence electrons. The zero-order valence-corrected chi connectivity index (χ0v) is 15.9. The van der Waals surface area contributed by atoms with Gasteiger partial charge in [-0.25, -0.2) is 9.20 Å². The smallest absolute Gasteiger partial charge is 0.352 e. The number of benzene rings is 1. The predicted molar refractivity (Wildman–Crippen MR) is 105 cm³/mol. The summed E-state index contributed by atoms with van der Waals surface area (Å²) in [5.41, 5.74) is 3.35. The Labute approximate surface area is 161 Å². The normalized spacial score (nSPS) is 14.6. The minimum Gasteiger partial charge on any atom is -0.480 e. The summed E-state index contributed by atoms with van der Waals surface area (Å²) in [4.78, 5) is 32.0. The highest BCUT2D eigenvalue weighted by Crippen LogP contribution is 2.24. The molecule has 3 aromatic rings. The predicted octanol–water partition coefficient (Wildman–Crippen LogP) is 0.919. The summed E-state index contributed by atoms with van der Waals surface area (Å²) in [6.07, 6.45) is 1.60. The molecule has 2 aromatic heterocycles.